The zero-order chi connectivity index (χ0) is 17.4. The molecule has 1 aliphatic rings. The Kier molecular flexibility index (Phi) is 4.16. The first-order valence-electron chi connectivity index (χ1n) is 6.72. The van der Waals surface area contributed by atoms with Gasteiger partial charge in [0, 0.05) is 6.54 Å². The number of benzene rings is 1. The van der Waals surface area contributed by atoms with Crippen LogP contribution < -0.4 is 16.2 Å². The van der Waals surface area contributed by atoms with Gasteiger partial charge in [0.2, 0.25) is 17.6 Å². The number of aromatic hydroxyl groups is 1. The number of nitrogens with zero attached hydrogens (tertiary/aromatic N) is 2. The molecule has 0 fully saturated rings. The minimum atomic E-state index is -0.863. The van der Waals surface area contributed by atoms with Gasteiger partial charge in [-0.05, 0) is 17.7 Å². The summed E-state index contributed by atoms with van der Waals surface area (Å²) in [5.41, 5.74) is -0.657. The average molecular weight is 369 g/mol. The molecule has 0 spiro atoms. The van der Waals surface area contributed by atoms with Crippen molar-refractivity contribution in [3.63, 3.8) is 0 Å². The number of halogens is 2. The Morgan fingerprint density at radius 3 is 2.79 bits per heavy atom. The molecule has 2 amide bonds. The van der Waals surface area contributed by atoms with Gasteiger partial charge in [0.25, 0.3) is 11.5 Å². The lowest BCUT2D eigenvalue weighted by Crippen LogP contribution is -2.28. The van der Waals surface area contributed by atoms with Crippen LogP contribution in [0.3, 0.4) is 0 Å². The number of rotatable bonds is 3. The third-order valence-corrected chi connectivity index (χ3v) is 4.09. The summed E-state index contributed by atoms with van der Waals surface area (Å²) in [7, 11) is 0. The molecule has 10 heteroatoms. The van der Waals surface area contributed by atoms with Crippen molar-refractivity contribution in [3.8, 4) is 5.75 Å². The first kappa shape index (κ1) is 16.3. The second-order valence-corrected chi connectivity index (χ2v) is 5.82. The predicted octanol–water partition coefficient (Wildman–Crippen LogP) is 1.14. The number of carbonyl (C=O) groups is 2. The molecule has 1 aromatic carbocycles. The lowest BCUT2D eigenvalue weighted by molar-refractivity contribution is -0.115. The highest BCUT2D eigenvalue weighted by molar-refractivity contribution is 6.42. The van der Waals surface area contributed by atoms with E-state index in [0.717, 1.165) is 4.57 Å². The van der Waals surface area contributed by atoms with Gasteiger partial charge in [-0.25, -0.2) is 4.98 Å². The standard InChI is InChI=1S/C14H10Cl2N4O4/c15-7-2-1-6(3-8(7)16)4-17-12(23)10-11(22)13(24)20-5-9(21)18-14(20)19-10/h1-3,22H,4-5H2,(H,17,23)(H,18,19,21). The summed E-state index contributed by atoms with van der Waals surface area (Å²) >= 11 is 11.7. The molecule has 0 saturated heterocycles. The zero-order valence-electron chi connectivity index (χ0n) is 12.0. The van der Waals surface area contributed by atoms with Gasteiger partial charge >= 0.3 is 0 Å². The van der Waals surface area contributed by atoms with Crippen molar-refractivity contribution in [1.29, 1.82) is 0 Å². The van der Waals surface area contributed by atoms with Crippen molar-refractivity contribution in [2.24, 2.45) is 0 Å². The van der Waals surface area contributed by atoms with Crippen LogP contribution in [0.25, 0.3) is 0 Å². The minimum Gasteiger partial charge on any atom is -0.501 e. The SMILES string of the molecule is O=C1Cn2c(nc(C(=O)NCc3ccc(Cl)c(Cl)c3)c(O)c2=O)N1. The Morgan fingerprint density at radius 1 is 1.33 bits per heavy atom. The number of anilines is 1. The van der Waals surface area contributed by atoms with E-state index in [1.165, 1.54) is 0 Å². The van der Waals surface area contributed by atoms with E-state index in [-0.39, 0.29) is 19.0 Å². The number of nitrogens with one attached hydrogen (secondary N) is 2. The van der Waals surface area contributed by atoms with Gasteiger partial charge in [0.05, 0.1) is 10.0 Å². The van der Waals surface area contributed by atoms with Crippen LogP contribution in [0.1, 0.15) is 16.1 Å². The van der Waals surface area contributed by atoms with Gasteiger partial charge in [-0.1, -0.05) is 29.3 Å². The molecule has 3 N–H and O–H groups in total. The van der Waals surface area contributed by atoms with Crippen molar-refractivity contribution in [3.05, 3.63) is 49.9 Å². The Hall–Kier alpha value is -2.58. The summed E-state index contributed by atoms with van der Waals surface area (Å²) in [5.74, 6) is -2.11. The number of hydrogen-bond acceptors (Lipinski definition) is 5. The predicted molar refractivity (Wildman–Crippen MR) is 86.4 cm³/mol. The molecule has 124 valence electrons. The van der Waals surface area contributed by atoms with Crippen molar-refractivity contribution in [2.75, 3.05) is 5.32 Å². The van der Waals surface area contributed by atoms with E-state index in [0.29, 0.717) is 15.6 Å². The molecule has 0 atom stereocenters. The van der Waals surface area contributed by atoms with Crippen LogP contribution in [-0.2, 0) is 17.9 Å². The van der Waals surface area contributed by atoms with E-state index < -0.39 is 28.8 Å². The molecule has 0 bridgehead atoms. The number of amides is 2. The lowest BCUT2D eigenvalue weighted by atomic mass is 10.2. The third-order valence-electron chi connectivity index (χ3n) is 3.35. The maximum atomic E-state index is 12.2. The van der Waals surface area contributed by atoms with Gasteiger partial charge in [-0.3, -0.25) is 24.3 Å². The molecule has 1 aromatic heterocycles. The number of aromatic nitrogens is 2. The fraction of sp³-hybridized carbons (Fsp3) is 0.143. The molecule has 0 radical (unpaired) electrons. The fourth-order valence-corrected chi connectivity index (χ4v) is 2.49. The molecule has 0 saturated carbocycles. The van der Waals surface area contributed by atoms with Crippen LogP contribution in [0.4, 0.5) is 5.95 Å². The maximum absolute atomic E-state index is 12.2. The minimum absolute atomic E-state index is 0.0810. The van der Waals surface area contributed by atoms with Crippen LogP contribution in [0.2, 0.25) is 10.0 Å². The number of fused-ring (bicyclic) bond motifs is 1. The molecule has 0 unspecified atom stereocenters. The first-order chi connectivity index (χ1) is 11.4. The van der Waals surface area contributed by atoms with E-state index in [4.69, 9.17) is 23.2 Å². The highest BCUT2D eigenvalue weighted by atomic mass is 35.5. The largest absolute Gasteiger partial charge is 0.501 e. The van der Waals surface area contributed by atoms with Crippen LogP contribution in [0.15, 0.2) is 23.0 Å². The van der Waals surface area contributed by atoms with Crippen molar-refractivity contribution in [2.45, 2.75) is 13.1 Å². The average Bonchev–Trinajstić information content (AvgIpc) is 2.92. The maximum Gasteiger partial charge on any atom is 0.298 e. The molecule has 2 heterocycles. The Labute approximate surface area is 145 Å². The van der Waals surface area contributed by atoms with Crippen LogP contribution >= 0.6 is 23.2 Å². The topological polar surface area (TPSA) is 113 Å². The summed E-state index contributed by atoms with van der Waals surface area (Å²) in [5, 5.41) is 15.4. The van der Waals surface area contributed by atoms with Gasteiger partial charge in [-0.15, -0.1) is 0 Å². The molecular weight excluding hydrogens is 359 g/mol. The van der Waals surface area contributed by atoms with E-state index in [2.05, 4.69) is 15.6 Å². The molecule has 24 heavy (non-hydrogen) atoms. The number of carbonyl (C=O) groups excluding carboxylic acids is 2. The van der Waals surface area contributed by atoms with Crippen molar-refractivity contribution in [1.82, 2.24) is 14.9 Å². The highest BCUT2D eigenvalue weighted by Crippen LogP contribution is 2.22. The Balaban J connectivity index is 1.82. The van der Waals surface area contributed by atoms with Crippen LogP contribution in [0, 0.1) is 0 Å². The molecule has 0 aliphatic carbocycles. The summed E-state index contributed by atoms with van der Waals surface area (Å²) < 4.78 is 0.952. The monoisotopic (exact) mass is 368 g/mol. The molecule has 2 aromatic rings. The van der Waals surface area contributed by atoms with E-state index in [9.17, 15) is 19.5 Å². The van der Waals surface area contributed by atoms with E-state index in [1.807, 2.05) is 0 Å². The molecule has 3 rings (SSSR count). The second-order valence-electron chi connectivity index (χ2n) is 5.00. The zero-order valence-corrected chi connectivity index (χ0v) is 13.5. The highest BCUT2D eigenvalue weighted by Gasteiger charge is 2.26. The molecule has 8 nitrogen and oxygen atoms in total. The Morgan fingerprint density at radius 2 is 2.08 bits per heavy atom. The second kappa shape index (κ2) is 6.14. The van der Waals surface area contributed by atoms with Gasteiger partial charge < -0.3 is 10.4 Å². The Bertz CT molecular complexity index is 926. The number of hydrogen-bond donors (Lipinski definition) is 3. The first-order valence-corrected chi connectivity index (χ1v) is 7.48. The van der Waals surface area contributed by atoms with Gasteiger partial charge in [0.15, 0.2) is 5.69 Å². The summed E-state index contributed by atoms with van der Waals surface area (Å²) in [6, 6.07) is 4.83. The summed E-state index contributed by atoms with van der Waals surface area (Å²) in [4.78, 5) is 39.3. The normalized spacial score (nSPS) is 12.7. The van der Waals surface area contributed by atoms with Crippen molar-refractivity contribution >= 4 is 41.0 Å². The quantitative estimate of drug-likeness (QED) is 0.751. The summed E-state index contributed by atoms with van der Waals surface area (Å²) in [6.45, 7) is -0.165. The summed E-state index contributed by atoms with van der Waals surface area (Å²) in [6.07, 6.45) is 0. The van der Waals surface area contributed by atoms with Gasteiger partial charge in [-0.2, -0.15) is 0 Å². The third kappa shape index (κ3) is 2.93. The molecule has 1 aliphatic heterocycles. The fourth-order valence-electron chi connectivity index (χ4n) is 2.17. The van der Waals surface area contributed by atoms with E-state index in [1.54, 1.807) is 18.2 Å². The van der Waals surface area contributed by atoms with Gasteiger partial charge in [0.1, 0.15) is 6.54 Å². The van der Waals surface area contributed by atoms with Crippen molar-refractivity contribution < 1.29 is 14.7 Å². The van der Waals surface area contributed by atoms with Crippen LogP contribution in [-0.4, -0.2) is 26.5 Å². The van der Waals surface area contributed by atoms with Crippen LogP contribution in [0.5, 0.6) is 5.75 Å². The smallest absolute Gasteiger partial charge is 0.298 e. The lowest BCUT2D eigenvalue weighted by Gasteiger charge is -2.09. The van der Waals surface area contributed by atoms with E-state index >= 15 is 0 Å². The molecular formula is C14H10Cl2N4O4.